The van der Waals surface area contributed by atoms with Gasteiger partial charge >= 0.3 is 5.97 Å². The van der Waals surface area contributed by atoms with Gasteiger partial charge in [-0.25, -0.2) is 4.79 Å². The minimum Gasteiger partial charge on any atom is -0.497 e. The van der Waals surface area contributed by atoms with Crippen LogP contribution in [0.3, 0.4) is 0 Å². The van der Waals surface area contributed by atoms with Gasteiger partial charge in [-0.2, -0.15) is 0 Å². The van der Waals surface area contributed by atoms with Crippen molar-refractivity contribution in [2.45, 2.75) is 6.92 Å². The molecule has 8 nitrogen and oxygen atoms in total. The molecule has 1 aliphatic heterocycles. The molecule has 158 valence electrons. The van der Waals surface area contributed by atoms with Gasteiger partial charge in [-0.15, -0.1) is 0 Å². The fourth-order valence-corrected chi connectivity index (χ4v) is 3.24. The Balaban J connectivity index is 1.47. The van der Waals surface area contributed by atoms with E-state index in [4.69, 9.17) is 9.47 Å². The molecule has 1 aliphatic rings. The van der Waals surface area contributed by atoms with Crippen LogP contribution in [0.2, 0.25) is 0 Å². The highest BCUT2D eigenvalue weighted by Gasteiger charge is 2.22. The van der Waals surface area contributed by atoms with E-state index >= 15 is 0 Å². The second-order valence-electron chi connectivity index (χ2n) is 6.90. The monoisotopic (exact) mass is 411 g/mol. The molecule has 0 radical (unpaired) electrons. The molecule has 0 unspecified atom stereocenters. The van der Waals surface area contributed by atoms with Gasteiger partial charge in [0.05, 0.1) is 12.7 Å². The summed E-state index contributed by atoms with van der Waals surface area (Å²) in [6, 6.07) is 14.2. The van der Waals surface area contributed by atoms with E-state index in [1.54, 1.807) is 30.2 Å². The third-order valence-corrected chi connectivity index (χ3v) is 4.82. The molecule has 0 spiro atoms. The molecule has 1 N–H and O–H groups in total. The van der Waals surface area contributed by atoms with Gasteiger partial charge in [-0.05, 0) is 42.5 Å². The van der Waals surface area contributed by atoms with Gasteiger partial charge in [0.2, 0.25) is 5.91 Å². The molecule has 30 heavy (non-hydrogen) atoms. The molecule has 1 heterocycles. The maximum absolute atomic E-state index is 12.4. The zero-order valence-corrected chi connectivity index (χ0v) is 17.1. The Morgan fingerprint density at radius 3 is 2.33 bits per heavy atom. The van der Waals surface area contributed by atoms with Gasteiger partial charge in [0, 0.05) is 44.5 Å². The molecular formula is C22H25N3O5. The fourth-order valence-electron chi connectivity index (χ4n) is 3.24. The van der Waals surface area contributed by atoms with Crippen molar-refractivity contribution in [3.63, 3.8) is 0 Å². The van der Waals surface area contributed by atoms with Crippen LogP contribution in [0.4, 0.5) is 11.4 Å². The van der Waals surface area contributed by atoms with E-state index < -0.39 is 5.97 Å². The van der Waals surface area contributed by atoms with Crippen molar-refractivity contribution in [1.29, 1.82) is 0 Å². The number of ether oxygens (including phenoxy) is 2. The smallest absolute Gasteiger partial charge is 0.338 e. The van der Waals surface area contributed by atoms with Gasteiger partial charge in [0.1, 0.15) is 5.75 Å². The molecule has 0 aliphatic carbocycles. The number of nitrogens with one attached hydrogen (secondary N) is 1. The second kappa shape index (κ2) is 9.78. The van der Waals surface area contributed by atoms with Crippen molar-refractivity contribution >= 4 is 29.2 Å². The highest BCUT2D eigenvalue weighted by Crippen LogP contribution is 2.20. The predicted molar refractivity (Wildman–Crippen MR) is 113 cm³/mol. The van der Waals surface area contributed by atoms with E-state index in [1.165, 1.54) is 13.0 Å². The number of carbonyl (C=O) groups excluding carboxylic acids is 3. The molecule has 0 saturated carbocycles. The average molecular weight is 411 g/mol. The summed E-state index contributed by atoms with van der Waals surface area (Å²) in [5.41, 5.74) is 1.85. The Bertz CT molecular complexity index is 905. The van der Waals surface area contributed by atoms with Crippen LogP contribution in [-0.4, -0.2) is 62.6 Å². The van der Waals surface area contributed by atoms with Crippen LogP contribution < -0.4 is 15.0 Å². The summed E-state index contributed by atoms with van der Waals surface area (Å²) in [4.78, 5) is 39.7. The lowest BCUT2D eigenvalue weighted by molar-refractivity contribution is -0.134. The minimum absolute atomic E-state index is 0.226. The van der Waals surface area contributed by atoms with Crippen LogP contribution in [0.25, 0.3) is 0 Å². The maximum Gasteiger partial charge on any atom is 0.338 e. The first-order chi connectivity index (χ1) is 14.5. The summed E-state index contributed by atoms with van der Waals surface area (Å²) >= 11 is 0. The number of carbonyl (C=O) groups is 3. The van der Waals surface area contributed by atoms with Crippen LogP contribution >= 0.6 is 0 Å². The van der Waals surface area contributed by atoms with Gasteiger partial charge in [0.15, 0.2) is 6.61 Å². The quantitative estimate of drug-likeness (QED) is 0.733. The molecule has 2 aromatic rings. The van der Waals surface area contributed by atoms with E-state index in [0.717, 1.165) is 11.4 Å². The molecule has 2 amide bonds. The van der Waals surface area contributed by atoms with Gasteiger partial charge in [-0.1, -0.05) is 6.07 Å². The summed E-state index contributed by atoms with van der Waals surface area (Å²) in [6.07, 6.45) is 0. The Kier molecular flexibility index (Phi) is 6.90. The zero-order valence-electron chi connectivity index (χ0n) is 17.1. The third kappa shape index (κ3) is 5.50. The average Bonchev–Trinajstić information content (AvgIpc) is 2.77. The Labute approximate surface area is 175 Å². The molecular weight excluding hydrogens is 386 g/mol. The number of anilines is 2. The number of methoxy groups -OCH3 is 1. The molecule has 0 atom stereocenters. The highest BCUT2D eigenvalue weighted by molar-refractivity contribution is 5.94. The normalized spacial score (nSPS) is 13.5. The SMILES string of the molecule is COc1ccc(N2CCN(C(=O)COC(=O)c3cccc(NC(C)=O)c3)CC2)cc1. The number of hydrogen-bond donors (Lipinski definition) is 1. The van der Waals surface area contributed by atoms with Crippen LogP contribution in [0.5, 0.6) is 5.75 Å². The largest absolute Gasteiger partial charge is 0.497 e. The van der Waals surface area contributed by atoms with Crippen molar-refractivity contribution in [2.24, 2.45) is 0 Å². The lowest BCUT2D eigenvalue weighted by atomic mass is 10.2. The number of nitrogens with zero attached hydrogens (tertiary/aromatic N) is 2. The van der Waals surface area contributed by atoms with Crippen molar-refractivity contribution < 1.29 is 23.9 Å². The van der Waals surface area contributed by atoms with Crippen LogP contribution in [0.1, 0.15) is 17.3 Å². The summed E-state index contributed by atoms with van der Waals surface area (Å²) in [7, 11) is 1.63. The summed E-state index contributed by atoms with van der Waals surface area (Å²) < 4.78 is 10.3. The van der Waals surface area contributed by atoms with Crippen molar-refractivity contribution in [1.82, 2.24) is 4.90 Å². The molecule has 0 aromatic heterocycles. The summed E-state index contributed by atoms with van der Waals surface area (Å²) in [5, 5.41) is 2.61. The topological polar surface area (TPSA) is 88.2 Å². The summed E-state index contributed by atoms with van der Waals surface area (Å²) in [5.74, 6) is -0.260. The molecule has 2 aromatic carbocycles. The van der Waals surface area contributed by atoms with Crippen molar-refractivity contribution in [3.8, 4) is 5.75 Å². The first kappa shape index (κ1) is 21.2. The molecule has 0 bridgehead atoms. The van der Waals surface area contributed by atoms with E-state index in [2.05, 4.69) is 10.2 Å². The standard InChI is InChI=1S/C22H25N3O5/c1-16(26)23-18-5-3-4-17(14-18)22(28)30-15-21(27)25-12-10-24(11-13-25)19-6-8-20(29-2)9-7-19/h3-9,14H,10-13,15H2,1-2H3,(H,23,26). The molecule has 8 heteroatoms. The first-order valence-electron chi connectivity index (χ1n) is 9.68. The van der Waals surface area contributed by atoms with E-state index in [-0.39, 0.29) is 24.0 Å². The van der Waals surface area contributed by atoms with E-state index in [0.29, 0.717) is 31.9 Å². The van der Waals surface area contributed by atoms with Crippen LogP contribution in [-0.2, 0) is 14.3 Å². The van der Waals surface area contributed by atoms with Crippen molar-refractivity contribution in [3.05, 3.63) is 54.1 Å². The lowest BCUT2D eigenvalue weighted by Crippen LogP contribution is -2.49. The molecule has 1 saturated heterocycles. The number of hydrogen-bond acceptors (Lipinski definition) is 6. The highest BCUT2D eigenvalue weighted by atomic mass is 16.5. The number of benzene rings is 2. The predicted octanol–water partition coefficient (Wildman–Crippen LogP) is 2.16. The van der Waals surface area contributed by atoms with Gasteiger partial charge in [0.25, 0.3) is 5.91 Å². The molecule has 1 fully saturated rings. The number of piperazine rings is 1. The van der Waals surface area contributed by atoms with Crippen LogP contribution in [0.15, 0.2) is 48.5 Å². The van der Waals surface area contributed by atoms with Gasteiger partial charge < -0.3 is 24.6 Å². The minimum atomic E-state index is -0.604. The number of amides is 2. The fraction of sp³-hybridized carbons (Fsp3) is 0.318. The van der Waals surface area contributed by atoms with Crippen LogP contribution in [0, 0.1) is 0 Å². The van der Waals surface area contributed by atoms with E-state index in [1.807, 2.05) is 24.3 Å². The zero-order chi connectivity index (χ0) is 21.5. The Morgan fingerprint density at radius 1 is 1.00 bits per heavy atom. The maximum atomic E-state index is 12.4. The summed E-state index contributed by atoms with van der Waals surface area (Å²) in [6.45, 7) is 3.58. The first-order valence-corrected chi connectivity index (χ1v) is 9.68. The van der Waals surface area contributed by atoms with Crippen molar-refractivity contribution in [2.75, 3.05) is 50.1 Å². The second-order valence-corrected chi connectivity index (χ2v) is 6.90. The van der Waals surface area contributed by atoms with Gasteiger partial charge in [-0.3, -0.25) is 9.59 Å². The Morgan fingerprint density at radius 2 is 1.70 bits per heavy atom. The lowest BCUT2D eigenvalue weighted by Gasteiger charge is -2.36. The third-order valence-electron chi connectivity index (χ3n) is 4.82. The number of esters is 1. The molecule has 3 rings (SSSR count). The number of rotatable bonds is 6. The van der Waals surface area contributed by atoms with E-state index in [9.17, 15) is 14.4 Å². The Hall–Kier alpha value is -3.55.